The fraction of sp³-hybridized carbons (Fsp3) is 0.312. The van der Waals surface area contributed by atoms with Crippen LogP contribution in [0.25, 0.3) is 0 Å². The predicted molar refractivity (Wildman–Crippen MR) is 170 cm³/mol. The molecule has 0 aliphatic heterocycles. The smallest absolute Gasteiger partial charge is 0.251 e. The highest BCUT2D eigenvalue weighted by molar-refractivity contribution is 14.1. The first-order valence-electron chi connectivity index (χ1n) is 13.9. The molecule has 0 bridgehead atoms. The summed E-state index contributed by atoms with van der Waals surface area (Å²) < 4.78 is 6.12. The number of ether oxygens (including phenoxy) is 1. The lowest BCUT2D eigenvalue weighted by Gasteiger charge is -2.22. The number of methoxy groups -OCH3 is 1. The fourth-order valence-electron chi connectivity index (χ4n) is 4.15. The lowest BCUT2D eigenvalue weighted by atomic mass is 10.1. The molecule has 10 heteroatoms. The third-order valence-electron chi connectivity index (χ3n) is 6.43. The second-order valence-corrected chi connectivity index (χ2v) is 10.9. The predicted octanol–water partition coefficient (Wildman–Crippen LogP) is 3.36. The van der Waals surface area contributed by atoms with Crippen LogP contribution in [0, 0.1) is 3.57 Å². The monoisotopic (exact) mass is 684 g/mol. The highest BCUT2D eigenvalue weighted by Gasteiger charge is 2.20. The van der Waals surface area contributed by atoms with Crippen LogP contribution < -0.4 is 20.7 Å². The number of rotatable bonds is 16. The zero-order valence-corrected chi connectivity index (χ0v) is 25.9. The number of hydrogen-bond acceptors (Lipinski definition) is 5. The average molecular weight is 685 g/mol. The number of carbonyl (C=O) groups excluding carboxylic acids is 4. The van der Waals surface area contributed by atoms with Crippen LogP contribution in [0.15, 0.2) is 78.9 Å². The molecule has 0 saturated heterocycles. The van der Waals surface area contributed by atoms with Crippen LogP contribution >= 0.6 is 22.6 Å². The number of halogens is 1. The first kappa shape index (κ1) is 32.6. The Morgan fingerprint density at radius 1 is 0.738 bits per heavy atom. The Morgan fingerprint density at radius 2 is 1.36 bits per heavy atom. The Hall–Kier alpha value is -3.93. The van der Waals surface area contributed by atoms with Crippen molar-refractivity contribution < 1.29 is 23.9 Å². The van der Waals surface area contributed by atoms with Crippen molar-refractivity contribution in [3.05, 3.63) is 99.1 Å². The van der Waals surface area contributed by atoms with E-state index < -0.39 is 0 Å². The van der Waals surface area contributed by atoms with E-state index in [-0.39, 0.29) is 43.1 Å². The normalized spacial score (nSPS) is 10.4. The fourth-order valence-corrected chi connectivity index (χ4v) is 4.69. The van der Waals surface area contributed by atoms with E-state index in [2.05, 4.69) is 38.5 Å². The molecule has 3 aromatic rings. The molecule has 0 heterocycles. The van der Waals surface area contributed by atoms with Crippen molar-refractivity contribution >= 4 is 46.2 Å². The zero-order valence-electron chi connectivity index (χ0n) is 23.7. The minimum atomic E-state index is -0.346. The topological polar surface area (TPSA) is 117 Å². The van der Waals surface area contributed by atoms with Crippen molar-refractivity contribution in [3.63, 3.8) is 0 Å². The molecular formula is C32H37IN4O5. The van der Waals surface area contributed by atoms with Crippen LogP contribution in [0.4, 0.5) is 0 Å². The van der Waals surface area contributed by atoms with Crippen molar-refractivity contribution in [1.29, 1.82) is 0 Å². The number of amides is 4. The summed E-state index contributed by atoms with van der Waals surface area (Å²) in [6, 6.07) is 24.6. The molecule has 4 amide bonds. The van der Waals surface area contributed by atoms with Crippen molar-refractivity contribution in [2.45, 2.75) is 25.7 Å². The average Bonchev–Trinajstić information content (AvgIpc) is 2.99. The Kier molecular flexibility index (Phi) is 13.8. The first-order valence-corrected chi connectivity index (χ1v) is 14.9. The standard InChI is InChI=1S/C32H37IN4O5/c1-42-28-14-12-25(13-15-28)17-20-35-30(39)23-37(22-29(38)34-19-16-24-7-3-2-4-8-24)31(40)11-6-18-36-32(41)26-9-5-10-27(33)21-26/h2-5,7-10,12-15,21H,6,11,16-20,22-23H2,1H3,(H,34,38)(H,35,39)(H,36,41). The van der Waals surface area contributed by atoms with Gasteiger partial charge in [-0.05, 0) is 83.3 Å². The SMILES string of the molecule is COc1ccc(CCNC(=O)CN(CC(=O)NCCc2ccccc2)C(=O)CCCNC(=O)c2cccc(I)c2)cc1. The Labute approximate surface area is 260 Å². The zero-order chi connectivity index (χ0) is 30.2. The van der Waals surface area contributed by atoms with Gasteiger partial charge in [-0.1, -0.05) is 48.5 Å². The van der Waals surface area contributed by atoms with Crippen LogP contribution in [-0.4, -0.2) is 68.4 Å². The summed E-state index contributed by atoms with van der Waals surface area (Å²) in [6.45, 7) is 0.641. The van der Waals surface area contributed by atoms with Crippen molar-refractivity contribution in [2.24, 2.45) is 0 Å². The van der Waals surface area contributed by atoms with Gasteiger partial charge in [0.05, 0.1) is 7.11 Å². The van der Waals surface area contributed by atoms with Crippen LogP contribution in [0.3, 0.4) is 0 Å². The maximum atomic E-state index is 13.1. The van der Waals surface area contributed by atoms with Crippen LogP contribution in [0.5, 0.6) is 5.75 Å². The van der Waals surface area contributed by atoms with Gasteiger partial charge in [0.2, 0.25) is 17.7 Å². The van der Waals surface area contributed by atoms with Crippen LogP contribution in [-0.2, 0) is 27.2 Å². The van der Waals surface area contributed by atoms with Gasteiger partial charge in [0.25, 0.3) is 5.91 Å². The summed E-state index contributed by atoms with van der Waals surface area (Å²) in [5, 5.41) is 8.49. The number of nitrogens with one attached hydrogen (secondary N) is 3. The Bertz CT molecular complexity index is 1320. The van der Waals surface area contributed by atoms with E-state index in [1.165, 1.54) is 4.90 Å². The van der Waals surface area contributed by atoms with E-state index in [0.29, 0.717) is 44.5 Å². The van der Waals surface area contributed by atoms with Gasteiger partial charge in [-0.2, -0.15) is 0 Å². The highest BCUT2D eigenvalue weighted by atomic mass is 127. The minimum Gasteiger partial charge on any atom is -0.497 e. The van der Waals surface area contributed by atoms with E-state index in [1.54, 1.807) is 19.2 Å². The van der Waals surface area contributed by atoms with E-state index in [4.69, 9.17) is 4.74 Å². The maximum absolute atomic E-state index is 13.1. The summed E-state index contributed by atoms with van der Waals surface area (Å²) >= 11 is 2.14. The summed E-state index contributed by atoms with van der Waals surface area (Å²) in [5.74, 6) is -0.472. The van der Waals surface area contributed by atoms with Gasteiger partial charge >= 0.3 is 0 Å². The summed E-state index contributed by atoms with van der Waals surface area (Å²) in [6.07, 6.45) is 1.74. The molecule has 3 rings (SSSR count). The van der Waals surface area contributed by atoms with E-state index in [1.807, 2.05) is 66.7 Å². The van der Waals surface area contributed by atoms with Gasteiger partial charge in [0.1, 0.15) is 18.8 Å². The number of nitrogens with zero attached hydrogens (tertiary/aromatic N) is 1. The molecule has 9 nitrogen and oxygen atoms in total. The lowest BCUT2D eigenvalue weighted by Crippen LogP contribution is -2.46. The molecule has 0 fully saturated rings. The largest absolute Gasteiger partial charge is 0.497 e. The summed E-state index contributed by atoms with van der Waals surface area (Å²) in [4.78, 5) is 52.1. The maximum Gasteiger partial charge on any atom is 0.251 e. The molecule has 3 aromatic carbocycles. The Morgan fingerprint density at radius 3 is 1.95 bits per heavy atom. The van der Waals surface area contributed by atoms with Gasteiger partial charge in [-0.3, -0.25) is 19.2 Å². The Balaban J connectivity index is 1.49. The quantitative estimate of drug-likeness (QED) is 0.158. The van der Waals surface area contributed by atoms with Crippen LogP contribution in [0.1, 0.15) is 34.3 Å². The van der Waals surface area contributed by atoms with Gasteiger partial charge in [0.15, 0.2) is 0 Å². The molecule has 0 saturated carbocycles. The highest BCUT2D eigenvalue weighted by Crippen LogP contribution is 2.11. The lowest BCUT2D eigenvalue weighted by molar-refractivity contribution is -0.139. The molecule has 222 valence electrons. The first-order chi connectivity index (χ1) is 20.3. The summed E-state index contributed by atoms with van der Waals surface area (Å²) in [7, 11) is 1.60. The molecular weight excluding hydrogens is 647 g/mol. The van der Waals surface area contributed by atoms with Gasteiger partial charge in [-0.15, -0.1) is 0 Å². The molecule has 0 radical (unpaired) electrons. The third-order valence-corrected chi connectivity index (χ3v) is 7.11. The molecule has 0 aliphatic carbocycles. The molecule has 3 N–H and O–H groups in total. The van der Waals surface area contributed by atoms with Crippen molar-refractivity contribution in [3.8, 4) is 5.75 Å². The van der Waals surface area contributed by atoms with Gasteiger partial charge in [0, 0.05) is 35.2 Å². The summed E-state index contributed by atoms with van der Waals surface area (Å²) in [5.41, 5.74) is 2.68. The molecule has 0 aliphatic rings. The molecule has 0 unspecified atom stereocenters. The number of hydrogen-bond donors (Lipinski definition) is 3. The van der Waals surface area contributed by atoms with E-state index >= 15 is 0 Å². The molecule has 0 atom stereocenters. The van der Waals surface area contributed by atoms with Crippen LogP contribution in [0.2, 0.25) is 0 Å². The van der Waals surface area contributed by atoms with Gasteiger partial charge < -0.3 is 25.6 Å². The molecule has 42 heavy (non-hydrogen) atoms. The number of benzene rings is 3. The van der Waals surface area contributed by atoms with E-state index in [9.17, 15) is 19.2 Å². The second-order valence-electron chi connectivity index (χ2n) is 9.65. The van der Waals surface area contributed by atoms with Crippen molar-refractivity contribution in [2.75, 3.05) is 39.8 Å². The number of carbonyl (C=O) groups is 4. The molecule has 0 aromatic heterocycles. The molecule has 0 spiro atoms. The third kappa shape index (κ3) is 11.9. The van der Waals surface area contributed by atoms with Crippen molar-refractivity contribution in [1.82, 2.24) is 20.9 Å². The minimum absolute atomic E-state index is 0.0863. The second kappa shape index (κ2) is 17.8. The van der Waals surface area contributed by atoms with Gasteiger partial charge in [-0.25, -0.2) is 0 Å². The van der Waals surface area contributed by atoms with E-state index in [0.717, 1.165) is 20.4 Å².